The van der Waals surface area contributed by atoms with E-state index >= 15 is 0 Å². The van der Waals surface area contributed by atoms with Crippen LogP contribution < -0.4 is 20.3 Å². The van der Waals surface area contributed by atoms with Gasteiger partial charge in [-0.3, -0.25) is 15.6 Å². The van der Waals surface area contributed by atoms with Crippen LogP contribution in [0.2, 0.25) is 0 Å². The zero-order chi connectivity index (χ0) is 21.1. The molecule has 0 atom stereocenters. The van der Waals surface area contributed by atoms with Gasteiger partial charge in [-0.2, -0.15) is 0 Å². The van der Waals surface area contributed by atoms with Gasteiger partial charge < -0.3 is 4.74 Å². The number of ether oxygens (including phenoxy) is 1. The standard InChI is InChI=1S/C18H25N5O4S/c1-11-9-12(2)20-17(19-11)22-21-16(24)13-7-8-14(27-6)15(10-13)28(25,26)23-18(3,4)5/h7-10,23H,1-6H3,(H,21,24)(H,19,20,22). The zero-order valence-electron chi connectivity index (χ0n) is 16.7. The van der Waals surface area contributed by atoms with Gasteiger partial charge in [0.15, 0.2) is 0 Å². The lowest BCUT2D eigenvalue weighted by Gasteiger charge is -2.21. The van der Waals surface area contributed by atoms with E-state index in [9.17, 15) is 13.2 Å². The molecule has 0 unspecified atom stereocenters. The third-order valence-electron chi connectivity index (χ3n) is 3.43. The molecule has 0 aliphatic rings. The summed E-state index contributed by atoms with van der Waals surface area (Å²) in [7, 11) is -2.53. The van der Waals surface area contributed by atoms with Crippen LogP contribution in [0, 0.1) is 13.8 Å². The van der Waals surface area contributed by atoms with Crippen LogP contribution in [0.1, 0.15) is 42.5 Å². The molecule has 0 bridgehead atoms. The van der Waals surface area contributed by atoms with E-state index in [0.29, 0.717) is 0 Å². The molecular formula is C18H25N5O4S. The van der Waals surface area contributed by atoms with E-state index in [1.807, 2.05) is 13.8 Å². The van der Waals surface area contributed by atoms with E-state index < -0.39 is 21.5 Å². The van der Waals surface area contributed by atoms with E-state index in [2.05, 4.69) is 25.5 Å². The maximum atomic E-state index is 12.7. The average Bonchev–Trinajstić information content (AvgIpc) is 2.56. The van der Waals surface area contributed by atoms with E-state index in [0.717, 1.165) is 11.4 Å². The molecule has 2 aromatic rings. The first-order chi connectivity index (χ1) is 12.9. The number of hydrazine groups is 1. The van der Waals surface area contributed by atoms with Crippen molar-refractivity contribution in [2.24, 2.45) is 0 Å². The number of carbonyl (C=O) groups is 1. The minimum absolute atomic E-state index is 0.125. The number of hydrogen-bond acceptors (Lipinski definition) is 7. The molecule has 1 aromatic heterocycles. The van der Waals surface area contributed by atoms with Crippen LogP contribution in [0.4, 0.5) is 5.95 Å². The van der Waals surface area contributed by atoms with E-state index in [1.165, 1.54) is 25.3 Å². The van der Waals surface area contributed by atoms with E-state index in [1.54, 1.807) is 26.8 Å². The molecule has 2 rings (SSSR count). The summed E-state index contributed by atoms with van der Waals surface area (Å²) < 4.78 is 33.1. The highest BCUT2D eigenvalue weighted by atomic mass is 32.2. The highest BCUT2D eigenvalue weighted by molar-refractivity contribution is 7.89. The van der Waals surface area contributed by atoms with Crippen molar-refractivity contribution in [2.75, 3.05) is 12.5 Å². The van der Waals surface area contributed by atoms with Crippen molar-refractivity contribution in [1.82, 2.24) is 20.1 Å². The number of nitrogens with one attached hydrogen (secondary N) is 3. The van der Waals surface area contributed by atoms with Crippen molar-refractivity contribution in [3.8, 4) is 5.75 Å². The van der Waals surface area contributed by atoms with Crippen LogP contribution in [0.5, 0.6) is 5.75 Å². The molecule has 1 amide bonds. The normalized spacial score (nSPS) is 11.8. The second-order valence-electron chi connectivity index (χ2n) is 7.27. The van der Waals surface area contributed by atoms with Crippen LogP contribution >= 0.6 is 0 Å². The summed E-state index contributed by atoms with van der Waals surface area (Å²) in [5, 5.41) is 0. The number of sulfonamides is 1. The Morgan fingerprint density at radius 1 is 1.07 bits per heavy atom. The van der Waals surface area contributed by atoms with Gasteiger partial charge in [0, 0.05) is 22.5 Å². The van der Waals surface area contributed by atoms with E-state index in [-0.39, 0.29) is 22.2 Å². The lowest BCUT2D eigenvalue weighted by atomic mass is 10.1. The predicted molar refractivity (Wildman–Crippen MR) is 106 cm³/mol. The third-order valence-corrected chi connectivity index (χ3v) is 5.21. The number of methoxy groups -OCH3 is 1. The van der Waals surface area contributed by atoms with Gasteiger partial charge in [0.05, 0.1) is 7.11 Å². The van der Waals surface area contributed by atoms with Crippen molar-refractivity contribution in [3.05, 3.63) is 41.2 Å². The fraction of sp³-hybridized carbons (Fsp3) is 0.389. The topological polar surface area (TPSA) is 122 Å². The van der Waals surface area contributed by atoms with Crippen molar-refractivity contribution < 1.29 is 17.9 Å². The number of aryl methyl sites for hydroxylation is 2. The number of benzene rings is 1. The number of carbonyl (C=O) groups excluding carboxylic acids is 1. The van der Waals surface area contributed by atoms with Gasteiger partial charge in [0.25, 0.3) is 5.91 Å². The molecule has 0 aliphatic heterocycles. The van der Waals surface area contributed by atoms with Gasteiger partial charge in [-0.05, 0) is 58.9 Å². The van der Waals surface area contributed by atoms with Gasteiger partial charge >= 0.3 is 0 Å². The summed E-state index contributed by atoms with van der Waals surface area (Å²) in [6.45, 7) is 8.79. The first-order valence-corrected chi connectivity index (χ1v) is 10.0. The largest absolute Gasteiger partial charge is 0.495 e. The van der Waals surface area contributed by atoms with Crippen LogP contribution in [0.15, 0.2) is 29.2 Å². The highest BCUT2D eigenvalue weighted by Crippen LogP contribution is 2.26. The van der Waals surface area contributed by atoms with Gasteiger partial charge in [0.2, 0.25) is 16.0 Å². The molecule has 0 fully saturated rings. The summed E-state index contributed by atoms with van der Waals surface area (Å²) in [4.78, 5) is 20.7. The molecule has 28 heavy (non-hydrogen) atoms. The minimum Gasteiger partial charge on any atom is -0.495 e. The Bertz CT molecular complexity index is 964. The number of hydrogen-bond donors (Lipinski definition) is 3. The molecule has 0 radical (unpaired) electrons. The molecule has 1 aromatic carbocycles. The summed E-state index contributed by atoms with van der Waals surface area (Å²) in [5.41, 5.74) is 6.03. The van der Waals surface area contributed by atoms with Gasteiger partial charge in [-0.15, -0.1) is 0 Å². The fourth-order valence-electron chi connectivity index (χ4n) is 2.45. The first-order valence-electron chi connectivity index (χ1n) is 8.52. The SMILES string of the molecule is COc1ccc(C(=O)NNc2nc(C)cc(C)n2)cc1S(=O)(=O)NC(C)(C)C. The second kappa shape index (κ2) is 8.11. The molecule has 0 aliphatic carbocycles. The summed E-state index contributed by atoms with van der Waals surface area (Å²) in [6.07, 6.45) is 0. The van der Waals surface area contributed by atoms with Crippen LogP contribution in [-0.2, 0) is 10.0 Å². The van der Waals surface area contributed by atoms with E-state index in [4.69, 9.17) is 4.74 Å². The summed E-state index contributed by atoms with van der Waals surface area (Å²) in [6, 6.07) is 5.95. The predicted octanol–water partition coefficient (Wildman–Crippen LogP) is 1.94. The molecular weight excluding hydrogens is 382 g/mol. The number of aromatic nitrogens is 2. The highest BCUT2D eigenvalue weighted by Gasteiger charge is 2.26. The number of anilines is 1. The quantitative estimate of drug-likeness (QED) is 0.625. The van der Waals surface area contributed by atoms with Gasteiger partial charge in [-0.25, -0.2) is 23.1 Å². The Labute approximate surface area is 165 Å². The Hall–Kier alpha value is -2.72. The number of amides is 1. The Morgan fingerprint density at radius 3 is 2.21 bits per heavy atom. The van der Waals surface area contributed by atoms with Crippen molar-refractivity contribution in [1.29, 1.82) is 0 Å². The second-order valence-corrected chi connectivity index (χ2v) is 8.93. The molecule has 152 valence electrons. The minimum atomic E-state index is -3.90. The zero-order valence-corrected chi connectivity index (χ0v) is 17.6. The molecule has 0 saturated heterocycles. The third kappa shape index (κ3) is 5.64. The maximum absolute atomic E-state index is 12.7. The average molecular weight is 407 g/mol. The smallest absolute Gasteiger partial charge is 0.269 e. The molecule has 0 spiro atoms. The Kier molecular flexibility index (Phi) is 6.25. The van der Waals surface area contributed by atoms with Crippen molar-refractivity contribution >= 4 is 21.9 Å². The molecule has 1 heterocycles. The van der Waals surface area contributed by atoms with Gasteiger partial charge in [0.1, 0.15) is 10.6 Å². The molecule has 3 N–H and O–H groups in total. The van der Waals surface area contributed by atoms with Crippen LogP contribution in [-0.4, -0.2) is 36.9 Å². The Morgan fingerprint density at radius 2 is 1.68 bits per heavy atom. The number of rotatable bonds is 6. The first kappa shape index (κ1) is 21.6. The van der Waals surface area contributed by atoms with Crippen LogP contribution in [0.3, 0.4) is 0 Å². The van der Waals surface area contributed by atoms with Crippen molar-refractivity contribution in [3.63, 3.8) is 0 Å². The Balaban J connectivity index is 2.27. The summed E-state index contributed by atoms with van der Waals surface area (Å²) in [5.74, 6) is -0.168. The molecule has 10 heteroatoms. The lowest BCUT2D eigenvalue weighted by molar-refractivity contribution is 0.0962. The molecule has 0 saturated carbocycles. The summed E-state index contributed by atoms with van der Waals surface area (Å²) >= 11 is 0. The van der Waals surface area contributed by atoms with Crippen molar-refractivity contribution in [2.45, 2.75) is 45.1 Å². The maximum Gasteiger partial charge on any atom is 0.269 e. The monoisotopic (exact) mass is 407 g/mol. The molecule has 9 nitrogen and oxygen atoms in total. The fourth-order valence-corrected chi connectivity index (χ4v) is 4.07. The lowest BCUT2D eigenvalue weighted by Crippen LogP contribution is -2.40. The van der Waals surface area contributed by atoms with Gasteiger partial charge in [-0.1, -0.05) is 0 Å². The number of nitrogens with zero attached hydrogens (tertiary/aromatic N) is 2. The van der Waals surface area contributed by atoms with Crippen LogP contribution in [0.25, 0.3) is 0 Å².